The van der Waals surface area contributed by atoms with Crippen LogP contribution in [0.4, 0.5) is 4.79 Å². The monoisotopic (exact) mass is 182 g/mol. The zero-order chi connectivity index (χ0) is 8.55. The van der Waals surface area contributed by atoms with Crippen molar-refractivity contribution in [3.05, 3.63) is 22.4 Å². The van der Waals surface area contributed by atoms with Gasteiger partial charge in [-0.05, 0) is 22.4 Å². The second-order valence-corrected chi connectivity index (χ2v) is 3.23. The maximum atomic E-state index is 11.1. The zero-order valence-electron chi connectivity index (χ0n) is 6.03. The van der Waals surface area contributed by atoms with Gasteiger partial charge in [0.2, 0.25) is 0 Å². The molecule has 2 N–H and O–H groups in total. The Morgan fingerprint density at radius 2 is 2.25 bits per heavy atom. The third-order valence-electron chi connectivity index (χ3n) is 1.65. The van der Waals surface area contributed by atoms with Gasteiger partial charge in [-0.3, -0.25) is 10.1 Å². The number of urea groups is 1. The lowest BCUT2D eigenvalue weighted by Crippen LogP contribution is -2.22. The van der Waals surface area contributed by atoms with Crippen LogP contribution in [-0.4, -0.2) is 11.9 Å². The van der Waals surface area contributed by atoms with Gasteiger partial charge < -0.3 is 5.32 Å². The molecule has 62 valence electrons. The van der Waals surface area contributed by atoms with Gasteiger partial charge >= 0.3 is 6.03 Å². The summed E-state index contributed by atoms with van der Waals surface area (Å²) in [6, 6.07) is 0.903. The van der Waals surface area contributed by atoms with E-state index in [9.17, 15) is 9.59 Å². The summed E-state index contributed by atoms with van der Waals surface area (Å²) in [4.78, 5) is 21.8. The first-order chi connectivity index (χ1) is 5.77. The Morgan fingerprint density at radius 1 is 1.42 bits per heavy atom. The highest BCUT2D eigenvalue weighted by Gasteiger charge is 2.30. The van der Waals surface area contributed by atoms with Crippen LogP contribution in [0.1, 0.15) is 11.6 Å². The Kier molecular flexibility index (Phi) is 1.58. The summed E-state index contributed by atoms with van der Waals surface area (Å²) >= 11 is 1.50. The number of rotatable bonds is 1. The van der Waals surface area contributed by atoms with Crippen molar-refractivity contribution in [2.45, 2.75) is 6.04 Å². The van der Waals surface area contributed by atoms with Gasteiger partial charge in [-0.15, -0.1) is 0 Å². The quantitative estimate of drug-likeness (QED) is 0.626. The molecule has 1 aromatic heterocycles. The first-order valence-electron chi connectivity index (χ1n) is 3.41. The minimum Gasteiger partial charge on any atom is -0.322 e. The molecule has 12 heavy (non-hydrogen) atoms. The SMILES string of the molecule is O=C1NC(=O)[C@H](c2ccsc2)N1. The molecule has 1 fully saturated rings. The summed E-state index contributed by atoms with van der Waals surface area (Å²) in [5, 5.41) is 8.40. The Balaban J connectivity index is 2.26. The summed E-state index contributed by atoms with van der Waals surface area (Å²) in [5.41, 5.74) is 0.836. The van der Waals surface area contributed by atoms with E-state index in [0.717, 1.165) is 5.56 Å². The molecule has 4 nitrogen and oxygen atoms in total. The molecule has 0 aliphatic carbocycles. The van der Waals surface area contributed by atoms with Crippen molar-refractivity contribution < 1.29 is 9.59 Å². The van der Waals surface area contributed by atoms with E-state index >= 15 is 0 Å². The predicted molar refractivity (Wildman–Crippen MR) is 43.7 cm³/mol. The average Bonchev–Trinajstić information content (AvgIpc) is 2.58. The molecule has 2 rings (SSSR count). The van der Waals surface area contributed by atoms with E-state index in [4.69, 9.17) is 0 Å². The molecule has 1 aliphatic heterocycles. The molecule has 0 unspecified atom stereocenters. The summed E-state index contributed by atoms with van der Waals surface area (Å²) in [5.74, 6) is -0.279. The number of hydrogen-bond donors (Lipinski definition) is 2. The van der Waals surface area contributed by atoms with Gasteiger partial charge in [0.05, 0.1) is 0 Å². The molecule has 1 aliphatic rings. The largest absolute Gasteiger partial charge is 0.322 e. The fraction of sp³-hybridized carbons (Fsp3) is 0.143. The lowest BCUT2D eigenvalue weighted by atomic mass is 10.1. The highest BCUT2D eigenvalue weighted by Crippen LogP contribution is 2.18. The van der Waals surface area contributed by atoms with E-state index in [2.05, 4.69) is 10.6 Å². The van der Waals surface area contributed by atoms with Crippen LogP contribution in [0.15, 0.2) is 16.8 Å². The number of amides is 3. The fourth-order valence-electron chi connectivity index (χ4n) is 1.09. The second-order valence-electron chi connectivity index (χ2n) is 2.45. The molecule has 5 heteroatoms. The summed E-state index contributed by atoms with van der Waals surface area (Å²) in [7, 11) is 0. The maximum absolute atomic E-state index is 11.1. The molecule has 1 atom stereocenters. The Bertz CT molecular complexity index is 320. The van der Waals surface area contributed by atoms with E-state index < -0.39 is 12.1 Å². The van der Waals surface area contributed by atoms with Crippen molar-refractivity contribution in [1.29, 1.82) is 0 Å². The van der Waals surface area contributed by atoms with E-state index in [1.807, 2.05) is 16.8 Å². The highest BCUT2D eigenvalue weighted by molar-refractivity contribution is 7.08. The second kappa shape index (κ2) is 2.60. The molecule has 0 radical (unpaired) electrons. The highest BCUT2D eigenvalue weighted by atomic mass is 32.1. The number of imide groups is 1. The Hall–Kier alpha value is -1.36. The summed E-state index contributed by atoms with van der Waals surface area (Å²) in [6.45, 7) is 0. The van der Waals surface area contributed by atoms with Crippen LogP contribution in [0.3, 0.4) is 0 Å². The van der Waals surface area contributed by atoms with E-state index in [-0.39, 0.29) is 5.91 Å². The summed E-state index contributed by atoms with van der Waals surface area (Å²) in [6.07, 6.45) is 0. The standard InChI is InChI=1S/C7H6N2O2S/c10-6-5(8-7(11)9-6)4-1-2-12-3-4/h1-3,5H,(H2,8,9,10,11)/t5-/m0/s1. The fourth-order valence-corrected chi connectivity index (χ4v) is 1.78. The van der Waals surface area contributed by atoms with Crippen LogP contribution in [0.5, 0.6) is 0 Å². The Labute approximate surface area is 72.6 Å². The third kappa shape index (κ3) is 1.08. The molecule has 0 saturated carbocycles. The Morgan fingerprint density at radius 3 is 2.75 bits per heavy atom. The number of hydrogen-bond acceptors (Lipinski definition) is 3. The van der Waals surface area contributed by atoms with Crippen LogP contribution in [0.2, 0.25) is 0 Å². The number of carbonyl (C=O) groups is 2. The normalized spacial score (nSPS) is 22.2. The number of nitrogens with one attached hydrogen (secondary N) is 2. The van der Waals surface area contributed by atoms with Crippen molar-refractivity contribution >= 4 is 23.3 Å². The van der Waals surface area contributed by atoms with Crippen molar-refractivity contribution in [3.8, 4) is 0 Å². The molecule has 0 aromatic carbocycles. The third-order valence-corrected chi connectivity index (χ3v) is 2.35. The molecular formula is C7H6N2O2S. The van der Waals surface area contributed by atoms with Crippen molar-refractivity contribution in [3.63, 3.8) is 0 Å². The summed E-state index contributed by atoms with van der Waals surface area (Å²) < 4.78 is 0. The minimum atomic E-state index is -0.497. The van der Waals surface area contributed by atoms with Crippen molar-refractivity contribution in [2.24, 2.45) is 0 Å². The van der Waals surface area contributed by atoms with E-state index in [0.29, 0.717) is 0 Å². The average molecular weight is 182 g/mol. The first-order valence-corrected chi connectivity index (χ1v) is 4.35. The van der Waals surface area contributed by atoms with Crippen LogP contribution in [0.25, 0.3) is 0 Å². The van der Waals surface area contributed by atoms with Gasteiger partial charge in [-0.1, -0.05) is 0 Å². The minimum absolute atomic E-state index is 0.279. The van der Waals surface area contributed by atoms with Gasteiger partial charge in [0, 0.05) is 0 Å². The molecular weight excluding hydrogens is 176 g/mol. The van der Waals surface area contributed by atoms with Gasteiger partial charge in [0.15, 0.2) is 0 Å². The number of carbonyl (C=O) groups excluding carboxylic acids is 2. The van der Waals surface area contributed by atoms with Crippen molar-refractivity contribution in [2.75, 3.05) is 0 Å². The zero-order valence-corrected chi connectivity index (χ0v) is 6.85. The van der Waals surface area contributed by atoms with E-state index in [1.165, 1.54) is 11.3 Å². The lowest BCUT2D eigenvalue weighted by Gasteiger charge is -2.01. The topological polar surface area (TPSA) is 58.2 Å². The molecule has 3 amide bonds. The van der Waals surface area contributed by atoms with Crippen LogP contribution >= 0.6 is 11.3 Å². The van der Waals surface area contributed by atoms with Gasteiger partial charge in [-0.2, -0.15) is 11.3 Å². The van der Waals surface area contributed by atoms with Crippen LogP contribution in [0, 0.1) is 0 Å². The van der Waals surface area contributed by atoms with Crippen LogP contribution < -0.4 is 10.6 Å². The number of thiophene rings is 1. The van der Waals surface area contributed by atoms with Crippen LogP contribution in [-0.2, 0) is 4.79 Å². The molecule has 1 saturated heterocycles. The van der Waals surface area contributed by atoms with Gasteiger partial charge in [-0.25, -0.2) is 4.79 Å². The van der Waals surface area contributed by atoms with Gasteiger partial charge in [0.1, 0.15) is 6.04 Å². The predicted octanol–water partition coefficient (Wildman–Crippen LogP) is 0.629. The molecule has 0 bridgehead atoms. The van der Waals surface area contributed by atoms with E-state index in [1.54, 1.807) is 0 Å². The maximum Gasteiger partial charge on any atom is 0.322 e. The molecule has 1 aromatic rings. The molecule has 2 heterocycles. The molecule has 0 spiro atoms. The van der Waals surface area contributed by atoms with Gasteiger partial charge in [0.25, 0.3) is 5.91 Å². The van der Waals surface area contributed by atoms with Crippen molar-refractivity contribution in [1.82, 2.24) is 10.6 Å². The smallest absolute Gasteiger partial charge is 0.322 e. The lowest BCUT2D eigenvalue weighted by molar-refractivity contribution is -0.120. The first kappa shape index (κ1) is 7.30.